The number of aryl methyl sites for hydroxylation is 1. The maximum atomic E-state index is 3.87. The number of hydrogen-bond acceptors (Lipinski definition) is 2. The van der Waals surface area contributed by atoms with Crippen LogP contribution in [-0.4, -0.2) is 9.97 Å². The normalized spacial score (nSPS) is 6.08. The minimum absolute atomic E-state index is 0.822. The standard InChI is InChI=1S/C5H6N2.3C2H6/c1-5-6-3-2-4-7-5;3*1-2/h2-4H,1H3;3*1-2H3. The molecule has 13 heavy (non-hydrogen) atoms. The smallest absolute Gasteiger partial charge is 0.125 e. The summed E-state index contributed by atoms with van der Waals surface area (Å²) in [6.45, 7) is 13.9. The first kappa shape index (κ1) is 18.0. The molecule has 0 fully saturated rings. The summed E-state index contributed by atoms with van der Waals surface area (Å²) in [5.41, 5.74) is 0. The molecule has 1 rings (SSSR count). The zero-order valence-corrected chi connectivity index (χ0v) is 10.1. The summed E-state index contributed by atoms with van der Waals surface area (Å²) < 4.78 is 0. The van der Waals surface area contributed by atoms with E-state index in [1.807, 2.05) is 48.5 Å². The second kappa shape index (κ2) is 22.5. The van der Waals surface area contributed by atoms with Crippen molar-refractivity contribution in [2.75, 3.05) is 0 Å². The largest absolute Gasteiger partial charge is 0.242 e. The molecule has 2 heteroatoms. The van der Waals surface area contributed by atoms with Gasteiger partial charge in [0.25, 0.3) is 0 Å². The van der Waals surface area contributed by atoms with E-state index in [0.29, 0.717) is 0 Å². The van der Waals surface area contributed by atoms with Crippen LogP contribution >= 0.6 is 0 Å². The summed E-state index contributed by atoms with van der Waals surface area (Å²) in [5, 5.41) is 0. The van der Waals surface area contributed by atoms with E-state index in [9.17, 15) is 0 Å². The zero-order chi connectivity index (χ0) is 11.1. The van der Waals surface area contributed by atoms with Crippen molar-refractivity contribution in [1.29, 1.82) is 0 Å². The van der Waals surface area contributed by atoms with Crippen molar-refractivity contribution in [3.63, 3.8) is 0 Å². The van der Waals surface area contributed by atoms with Gasteiger partial charge in [-0.1, -0.05) is 41.5 Å². The fourth-order valence-electron chi connectivity index (χ4n) is 0.374. The molecular formula is C11H24N2. The Morgan fingerprint density at radius 2 is 1.08 bits per heavy atom. The molecule has 0 saturated heterocycles. The molecule has 0 spiro atoms. The molecule has 0 N–H and O–H groups in total. The molecule has 0 aromatic carbocycles. The van der Waals surface area contributed by atoms with Crippen molar-refractivity contribution >= 4 is 0 Å². The second-order valence-corrected chi connectivity index (χ2v) is 1.30. The Bertz CT molecular complexity index is 138. The van der Waals surface area contributed by atoms with Gasteiger partial charge in [-0.15, -0.1) is 0 Å². The van der Waals surface area contributed by atoms with E-state index < -0.39 is 0 Å². The average Bonchev–Trinajstić information content (AvgIpc) is 2.28. The summed E-state index contributed by atoms with van der Waals surface area (Å²) >= 11 is 0. The first-order valence-electron chi connectivity index (χ1n) is 5.13. The lowest BCUT2D eigenvalue weighted by Gasteiger charge is -1.81. The molecule has 0 saturated carbocycles. The van der Waals surface area contributed by atoms with Crippen molar-refractivity contribution in [3.8, 4) is 0 Å². The van der Waals surface area contributed by atoms with Crippen LogP contribution in [0, 0.1) is 6.92 Å². The van der Waals surface area contributed by atoms with Crippen molar-refractivity contribution in [1.82, 2.24) is 9.97 Å². The maximum absolute atomic E-state index is 3.87. The summed E-state index contributed by atoms with van der Waals surface area (Å²) in [4.78, 5) is 7.74. The zero-order valence-electron chi connectivity index (χ0n) is 10.1. The third-order valence-corrected chi connectivity index (χ3v) is 0.695. The molecular weight excluding hydrogens is 160 g/mol. The van der Waals surface area contributed by atoms with Gasteiger partial charge in [-0.2, -0.15) is 0 Å². The monoisotopic (exact) mass is 184 g/mol. The molecule has 78 valence electrons. The van der Waals surface area contributed by atoms with Gasteiger partial charge in [0.15, 0.2) is 0 Å². The molecule has 1 heterocycles. The van der Waals surface area contributed by atoms with Crippen LogP contribution in [0.4, 0.5) is 0 Å². The van der Waals surface area contributed by atoms with Gasteiger partial charge < -0.3 is 0 Å². The molecule has 0 bridgehead atoms. The fraction of sp³-hybridized carbons (Fsp3) is 0.636. The van der Waals surface area contributed by atoms with Crippen LogP contribution in [0.15, 0.2) is 18.5 Å². The Kier molecular flexibility index (Phi) is 31.1. The van der Waals surface area contributed by atoms with Gasteiger partial charge in [0.1, 0.15) is 5.82 Å². The molecule has 2 nitrogen and oxygen atoms in total. The van der Waals surface area contributed by atoms with E-state index in [1.54, 1.807) is 18.5 Å². The Morgan fingerprint density at radius 3 is 1.23 bits per heavy atom. The van der Waals surface area contributed by atoms with Crippen LogP contribution in [-0.2, 0) is 0 Å². The molecule has 0 aliphatic rings. The minimum Gasteiger partial charge on any atom is -0.242 e. The highest BCUT2D eigenvalue weighted by molar-refractivity contribution is 4.83. The quantitative estimate of drug-likeness (QED) is 0.612. The highest BCUT2D eigenvalue weighted by Crippen LogP contribution is 1.78. The second-order valence-electron chi connectivity index (χ2n) is 1.30. The number of aromatic nitrogens is 2. The van der Waals surface area contributed by atoms with Crippen LogP contribution in [0.3, 0.4) is 0 Å². The summed E-state index contributed by atoms with van der Waals surface area (Å²) in [6.07, 6.45) is 3.45. The van der Waals surface area contributed by atoms with Crippen molar-refractivity contribution in [2.45, 2.75) is 48.5 Å². The van der Waals surface area contributed by atoms with Crippen molar-refractivity contribution in [3.05, 3.63) is 24.3 Å². The third kappa shape index (κ3) is 18.2. The number of hydrogen-bond donors (Lipinski definition) is 0. The van der Waals surface area contributed by atoms with Gasteiger partial charge in [-0.25, -0.2) is 9.97 Å². The lowest BCUT2D eigenvalue weighted by Crippen LogP contribution is -1.80. The van der Waals surface area contributed by atoms with Gasteiger partial charge in [0, 0.05) is 12.4 Å². The van der Waals surface area contributed by atoms with Crippen LogP contribution in [0.1, 0.15) is 47.4 Å². The Labute approximate surface area is 83.4 Å². The SMILES string of the molecule is CC.CC.CC.Cc1ncccn1. The predicted molar refractivity (Wildman–Crippen MR) is 60.8 cm³/mol. The van der Waals surface area contributed by atoms with E-state index >= 15 is 0 Å². The molecule has 0 unspecified atom stereocenters. The summed E-state index contributed by atoms with van der Waals surface area (Å²) in [7, 11) is 0. The van der Waals surface area contributed by atoms with E-state index in [2.05, 4.69) is 9.97 Å². The molecule has 0 aliphatic heterocycles. The lowest BCUT2D eigenvalue weighted by atomic mass is 10.6. The number of rotatable bonds is 0. The minimum atomic E-state index is 0.822. The molecule has 0 aliphatic carbocycles. The fourth-order valence-corrected chi connectivity index (χ4v) is 0.374. The van der Waals surface area contributed by atoms with Crippen LogP contribution in [0.2, 0.25) is 0 Å². The average molecular weight is 184 g/mol. The molecule has 1 aromatic rings. The summed E-state index contributed by atoms with van der Waals surface area (Å²) in [6, 6.07) is 1.80. The van der Waals surface area contributed by atoms with E-state index in [4.69, 9.17) is 0 Å². The third-order valence-electron chi connectivity index (χ3n) is 0.695. The molecule has 1 aromatic heterocycles. The van der Waals surface area contributed by atoms with E-state index in [0.717, 1.165) is 5.82 Å². The van der Waals surface area contributed by atoms with Gasteiger partial charge in [-0.05, 0) is 13.0 Å². The Morgan fingerprint density at radius 1 is 0.769 bits per heavy atom. The van der Waals surface area contributed by atoms with Crippen LogP contribution < -0.4 is 0 Å². The molecule has 0 radical (unpaired) electrons. The van der Waals surface area contributed by atoms with Crippen LogP contribution in [0.25, 0.3) is 0 Å². The van der Waals surface area contributed by atoms with Gasteiger partial charge >= 0.3 is 0 Å². The first-order chi connectivity index (χ1) is 6.39. The molecule has 0 atom stereocenters. The number of nitrogens with zero attached hydrogens (tertiary/aromatic N) is 2. The van der Waals surface area contributed by atoms with E-state index in [-0.39, 0.29) is 0 Å². The topological polar surface area (TPSA) is 25.8 Å². The highest BCUT2D eigenvalue weighted by atomic mass is 14.8. The van der Waals surface area contributed by atoms with Gasteiger partial charge in [0.2, 0.25) is 0 Å². The Balaban J connectivity index is -0.000000144. The van der Waals surface area contributed by atoms with E-state index in [1.165, 1.54) is 0 Å². The molecule has 0 amide bonds. The highest BCUT2D eigenvalue weighted by Gasteiger charge is 1.74. The van der Waals surface area contributed by atoms with Crippen molar-refractivity contribution < 1.29 is 0 Å². The first-order valence-corrected chi connectivity index (χ1v) is 5.13. The van der Waals surface area contributed by atoms with Gasteiger partial charge in [-0.3, -0.25) is 0 Å². The van der Waals surface area contributed by atoms with Crippen LogP contribution in [0.5, 0.6) is 0 Å². The Hall–Kier alpha value is -0.920. The maximum Gasteiger partial charge on any atom is 0.125 e. The summed E-state index contributed by atoms with van der Waals surface area (Å²) in [5.74, 6) is 0.822. The predicted octanol–water partition coefficient (Wildman–Crippen LogP) is 3.86. The van der Waals surface area contributed by atoms with Gasteiger partial charge in [0.05, 0.1) is 0 Å². The van der Waals surface area contributed by atoms with Crippen molar-refractivity contribution in [2.24, 2.45) is 0 Å². The lowest BCUT2D eigenvalue weighted by molar-refractivity contribution is 1.05.